The van der Waals surface area contributed by atoms with E-state index in [-0.39, 0.29) is 12.0 Å². The highest BCUT2D eigenvalue weighted by atomic mass is 16.5. The molecule has 1 N–H and O–H groups in total. The molecule has 0 spiro atoms. The molecule has 0 aliphatic carbocycles. The van der Waals surface area contributed by atoms with Crippen LogP contribution in [-0.2, 0) is 11.2 Å². The van der Waals surface area contributed by atoms with Crippen molar-refractivity contribution in [2.24, 2.45) is 5.92 Å². The maximum Gasteiger partial charge on any atom is 0.0840 e. The van der Waals surface area contributed by atoms with Gasteiger partial charge in [-0.15, -0.1) is 0 Å². The van der Waals surface area contributed by atoms with Gasteiger partial charge in [-0.05, 0) is 36.8 Å². The minimum Gasteiger partial charge on any atom is -0.388 e. The van der Waals surface area contributed by atoms with E-state index >= 15 is 0 Å². The monoisotopic (exact) mass is 248 g/mol. The fourth-order valence-electron chi connectivity index (χ4n) is 2.55. The van der Waals surface area contributed by atoms with E-state index in [9.17, 15) is 5.11 Å². The number of hydrogen-bond donors (Lipinski definition) is 1. The molecule has 1 aromatic carbocycles. The summed E-state index contributed by atoms with van der Waals surface area (Å²) in [5.74, 6) is 0.264. The smallest absolute Gasteiger partial charge is 0.0840 e. The van der Waals surface area contributed by atoms with Gasteiger partial charge in [0.2, 0.25) is 0 Å². The van der Waals surface area contributed by atoms with E-state index in [1.807, 2.05) is 0 Å². The van der Waals surface area contributed by atoms with Crippen molar-refractivity contribution in [3.8, 4) is 0 Å². The van der Waals surface area contributed by atoms with Crippen LogP contribution in [0.3, 0.4) is 0 Å². The zero-order valence-corrected chi connectivity index (χ0v) is 11.3. The number of benzene rings is 1. The summed E-state index contributed by atoms with van der Waals surface area (Å²) in [6.45, 7) is 3.75. The van der Waals surface area contributed by atoms with Gasteiger partial charge in [-0.3, -0.25) is 0 Å². The van der Waals surface area contributed by atoms with Gasteiger partial charge in [0.15, 0.2) is 0 Å². The van der Waals surface area contributed by atoms with Crippen molar-refractivity contribution in [3.63, 3.8) is 0 Å². The third-order valence-electron chi connectivity index (χ3n) is 3.78. The highest BCUT2D eigenvalue weighted by molar-refractivity contribution is 5.24. The predicted octanol–water partition coefficient (Wildman–Crippen LogP) is 3.49. The third kappa shape index (κ3) is 3.56. The van der Waals surface area contributed by atoms with E-state index in [1.165, 1.54) is 18.4 Å². The number of aliphatic hydroxyl groups is 1. The van der Waals surface area contributed by atoms with Crippen LogP contribution >= 0.6 is 0 Å². The highest BCUT2D eigenvalue weighted by Crippen LogP contribution is 2.28. The molecule has 2 nitrogen and oxygen atoms in total. The van der Waals surface area contributed by atoms with Gasteiger partial charge >= 0.3 is 0 Å². The highest BCUT2D eigenvalue weighted by Gasteiger charge is 2.23. The Kier molecular flexibility index (Phi) is 5.21. The van der Waals surface area contributed by atoms with Crippen LogP contribution in [0.1, 0.15) is 49.8 Å². The van der Waals surface area contributed by atoms with Crippen LogP contribution < -0.4 is 0 Å². The Balaban J connectivity index is 1.95. The second-order valence-electron chi connectivity index (χ2n) is 5.27. The molecule has 2 unspecified atom stereocenters. The van der Waals surface area contributed by atoms with E-state index in [4.69, 9.17) is 4.74 Å². The molecular formula is C16H24O2. The minimum absolute atomic E-state index is 0.264. The van der Waals surface area contributed by atoms with Crippen LogP contribution in [-0.4, -0.2) is 18.3 Å². The second kappa shape index (κ2) is 6.91. The molecule has 100 valence electrons. The van der Waals surface area contributed by atoms with Crippen molar-refractivity contribution in [2.45, 2.75) is 45.1 Å². The Hall–Kier alpha value is -0.860. The molecule has 1 heterocycles. The molecule has 0 amide bonds. The fraction of sp³-hybridized carbons (Fsp3) is 0.625. The fourth-order valence-corrected chi connectivity index (χ4v) is 2.55. The van der Waals surface area contributed by atoms with Crippen molar-refractivity contribution in [2.75, 3.05) is 13.2 Å². The Morgan fingerprint density at radius 3 is 2.72 bits per heavy atom. The van der Waals surface area contributed by atoms with Crippen molar-refractivity contribution in [1.82, 2.24) is 0 Å². The average Bonchev–Trinajstić information content (AvgIpc) is 2.46. The van der Waals surface area contributed by atoms with Crippen molar-refractivity contribution < 1.29 is 9.84 Å². The standard InChI is InChI=1S/C16H24O2/c1-2-3-5-13-7-9-14(10-8-13)16(17)15-6-4-11-18-12-15/h7-10,15-17H,2-6,11-12H2,1H3. The van der Waals surface area contributed by atoms with Gasteiger partial charge in [-0.2, -0.15) is 0 Å². The number of aliphatic hydroxyl groups excluding tert-OH is 1. The van der Waals surface area contributed by atoms with E-state index in [0.29, 0.717) is 6.61 Å². The van der Waals surface area contributed by atoms with Gasteiger partial charge in [-0.25, -0.2) is 0 Å². The molecule has 2 rings (SSSR count). The number of unbranched alkanes of at least 4 members (excludes halogenated alkanes) is 1. The molecule has 0 bridgehead atoms. The Morgan fingerprint density at radius 2 is 2.11 bits per heavy atom. The molecule has 0 aromatic heterocycles. The third-order valence-corrected chi connectivity index (χ3v) is 3.78. The largest absolute Gasteiger partial charge is 0.388 e. The maximum absolute atomic E-state index is 10.3. The van der Waals surface area contributed by atoms with Crippen LogP contribution in [0.2, 0.25) is 0 Å². The van der Waals surface area contributed by atoms with Crippen LogP contribution in [0.5, 0.6) is 0 Å². The van der Waals surface area contributed by atoms with Gasteiger partial charge < -0.3 is 9.84 Å². The quantitative estimate of drug-likeness (QED) is 0.864. The molecule has 0 saturated carbocycles. The first-order valence-electron chi connectivity index (χ1n) is 7.16. The van der Waals surface area contributed by atoms with Crippen LogP contribution in [0, 0.1) is 5.92 Å². The average molecular weight is 248 g/mol. The van der Waals surface area contributed by atoms with Crippen LogP contribution in [0.15, 0.2) is 24.3 Å². The van der Waals surface area contributed by atoms with E-state index < -0.39 is 0 Å². The number of hydrogen-bond acceptors (Lipinski definition) is 2. The summed E-state index contributed by atoms with van der Waals surface area (Å²) in [6.07, 6.45) is 5.36. The first-order valence-corrected chi connectivity index (χ1v) is 7.16. The first-order chi connectivity index (χ1) is 8.81. The number of rotatable bonds is 5. The zero-order chi connectivity index (χ0) is 12.8. The van der Waals surface area contributed by atoms with E-state index in [2.05, 4.69) is 31.2 Å². The summed E-state index contributed by atoms with van der Waals surface area (Å²) in [4.78, 5) is 0. The Morgan fingerprint density at radius 1 is 1.33 bits per heavy atom. The van der Waals surface area contributed by atoms with Crippen LogP contribution in [0.25, 0.3) is 0 Å². The molecule has 1 aromatic rings. The summed E-state index contributed by atoms with van der Waals surface area (Å²) in [5.41, 5.74) is 2.40. The maximum atomic E-state index is 10.3. The molecule has 1 aliphatic rings. The lowest BCUT2D eigenvalue weighted by Crippen LogP contribution is -2.23. The number of aryl methyl sites for hydroxylation is 1. The summed E-state index contributed by atoms with van der Waals surface area (Å²) in [5, 5.41) is 10.3. The minimum atomic E-state index is -0.370. The molecule has 2 atom stereocenters. The molecule has 0 radical (unpaired) electrons. The van der Waals surface area contributed by atoms with Crippen molar-refractivity contribution >= 4 is 0 Å². The van der Waals surface area contributed by atoms with Gasteiger partial charge in [-0.1, -0.05) is 37.6 Å². The van der Waals surface area contributed by atoms with E-state index in [0.717, 1.165) is 31.4 Å². The molecule has 1 aliphatic heterocycles. The summed E-state index contributed by atoms with van der Waals surface area (Å²) in [6, 6.07) is 8.45. The van der Waals surface area contributed by atoms with Crippen molar-refractivity contribution in [3.05, 3.63) is 35.4 Å². The lowest BCUT2D eigenvalue weighted by molar-refractivity contribution is -0.00996. The van der Waals surface area contributed by atoms with E-state index in [1.54, 1.807) is 0 Å². The van der Waals surface area contributed by atoms with Crippen LogP contribution in [0.4, 0.5) is 0 Å². The molecule has 2 heteroatoms. The topological polar surface area (TPSA) is 29.5 Å². The summed E-state index contributed by atoms with van der Waals surface area (Å²) < 4.78 is 5.44. The first kappa shape index (κ1) is 13.6. The SMILES string of the molecule is CCCCc1ccc(C(O)C2CCCOC2)cc1. The number of ether oxygens (including phenoxy) is 1. The summed E-state index contributed by atoms with van der Waals surface area (Å²) in [7, 11) is 0. The molecule has 18 heavy (non-hydrogen) atoms. The Bertz CT molecular complexity index is 339. The predicted molar refractivity (Wildman–Crippen MR) is 73.6 cm³/mol. The molecule has 1 saturated heterocycles. The molecular weight excluding hydrogens is 224 g/mol. The lowest BCUT2D eigenvalue weighted by Gasteiger charge is -2.27. The normalized spacial score (nSPS) is 21.8. The van der Waals surface area contributed by atoms with Gasteiger partial charge in [0.05, 0.1) is 12.7 Å². The second-order valence-corrected chi connectivity index (χ2v) is 5.27. The zero-order valence-electron chi connectivity index (χ0n) is 11.3. The molecule has 1 fully saturated rings. The Labute approximate surface area is 110 Å². The summed E-state index contributed by atoms with van der Waals surface area (Å²) >= 11 is 0. The van der Waals surface area contributed by atoms with Gasteiger partial charge in [0.1, 0.15) is 0 Å². The van der Waals surface area contributed by atoms with Gasteiger partial charge in [0.25, 0.3) is 0 Å². The van der Waals surface area contributed by atoms with Crippen molar-refractivity contribution in [1.29, 1.82) is 0 Å². The lowest BCUT2D eigenvalue weighted by atomic mass is 9.90. The van der Waals surface area contributed by atoms with Gasteiger partial charge in [0, 0.05) is 12.5 Å².